The third kappa shape index (κ3) is 7.41. The first-order valence-corrected chi connectivity index (χ1v) is 19.6. The molecule has 0 aromatic rings. The molecule has 7 rings (SSSR count). The van der Waals surface area contributed by atoms with Gasteiger partial charge in [-0.15, -0.1) is 0 Å². The molecule has 7 aliphatic rings. The Morgan fingerprint density at radius 2 is 1.76 bits per heavy atom. The number of Topliss-reactive ketones (excluding diaryl/α,β-unsaturated/α-hetero) is 1. The zero-order valence-electron chi connectivity index (χ0n) is 30.2. The van der Waals surface area contributed by atoms with Crippen LogP contribution >= 0.6 is 0 Å². The number of morpholine rings is 1. The minimum Gasteiger partial charge on any atom is -0.444 e. The predicted molar refractivity (Wildman–Crippen MR) is 184 cm³/mol. The SMILES string of the molecule is CC1CCCCN1CCCNC(=O)C1=CN2C3CC4CCCCC4CC3OC3C(N4CCC(NC(=O)OC(C)(C)C)C4)C(F)CC(C1=O)C32. The number of nitrogens with zero attached hydrogens (tertiary/aromatic N) is 3. The third-order valence-electron chi connectivity index (χ3n) is 12.9. The van der Waals surface area contributed by atoms with Crippen LogP contribution < -0.4 is 10.6 Å². The zero-order valence-corrected chi connectivity index (χ0v) is 30.2. The maximum Gasteiger partial charge on any atom is 0.407 e. The number of fused-ring (bicyclic) bond motifs is 3. The Hall–Kier alpha value is -2.24. The second kappa shape index (κ2) is 14.4. The lowest BCUT2D eigenvalue weighted by molar-refractivity contribution is -0.219. The van der Waals surface area contributed by atoms with E-state index in [4.69, 9.17) is 9.47 Å². The highest BCUT2D eigenvalue weighted by Gasteiger charge is 2.61. The summed E-state index contributed by atoms with van der Waals surface area (Å²) in [4.78, 5) is 47.3. The molecule has 2 amide bonds. The number of rotatable bonds is 7. The maximum atomic E-state index is 16.6. The van der Waals surface area contributed by atoms with Crippen LogP contribution in [0.3, 0.4) is 0 Å². The van der Waals surface area contributed by atoms with Gasteiger partial charge in [0.25, 0.3) is 5.91 Å². The van der Waals surface area contributed by atoms with Crippen molar-refractivity contribution in [3.8, 4) is 0 Å². The van der Waals surface area contributed by atoms with E-state index in [1.54, 1.807) is 0 Å². The highest BCUT2D eigenvalue weighted by Crippen LogP contribution is 2.51. The number of alkyl carbamates (subject to hydrolysis) is 1. The average molecular weight is 686 g/mol. The van der Waals surface area contributed by atoms with E-state index in [0.29, 0.717) is 43.9 Å². The van der Waals surface area contributed by atoms with E-state index in [9.17, 15) is 14.4 Å². The van der Waals surface area contributed by atoms with E-state index in [2.05, 4.69) is 32.3 Å². The molecule has 2 N–H and O–H groups in total. The topological polar surface area (TPSA) is 103 Å². The second-order valence-electron chi connectivity index (χ2n) is 17.3. The summed E-state index contributed by atoms with van der Waals surface area (Å²) < 4.78 is 29.1. The summed E-state index contributed by atoms with van der Waals surface area (Å²) in [7, 11) is 0. The average Bonchev–Trinajstić information content (AvgIpc) is 3.50. The Kier molecular flexibility index (Phi) is 10.3. The quantitative estimate of drug-likeness (QED) is 0.297. The molecule has 6 fully saturated rings. The fourth-order valence-corrected chi connectivity index (χ4v) is 10.6. The van der Waals surface area contributed by atoms with Gasteiger partial charge in [0, 0.05) is 50.4 Å². The number of alkyl halides is 1. The first-order chi connectivity index (χ1) is 23.5. The van der Waals surface area contributed by atoms with Crippen molar-refractivity contribution >= 4 is 17.8 Å². The van der Waals surface area contributed by atoms with Crippen molar-refractivity contribution in [1.29, 1.82) is 0 Å². The maximum absolute atomic E-state index is 16.6. The van der Waals surface area contributed by atoms with Crippen molar-refractivity contribution in [2.75, 3.05) is 32.7 Å². The summed E-state index contributed by atoms with van der Waals surface area (Å²) >= 11 is 0. The Bertz CT molecular complexity index is 1270. The van der Waals surface area contributed by atoms with E-state index in [0.717, 1.165) is 32.4 Å². The predicted octanol–water partition coefficient (Wildman–Crippen LogP) is 4.57. The number of hydrogen-bond acceptors (Lipinski definition) is 8. The van der Waals surface area contributed by atoms with Crippen molar-refractivity contribution in [1.82, 2.24) is 25.3 Å². The Balaban J connectivity index is 1.09. The molecule has 3 saturated carbocycles. The van der Waals surface area contributed by atoms with E-state index in [1.165, 1.54) is 44.9 Å². The van der Waals surface area contributed by atoms with Crippen molar-refractivity contribution in [3.63, 3.8) is 0 Å². The Morgan fingerprint density at radius 3 is 2.51 bits per heavy atom. The largest absolute Gasteiger partial charge is 0.444 e. The van der Waals surface area contributed by atoms with Crippen molar-refractivity contribution < 1.29 is 28.2 Å². The van der Waals surface area contributed by atoms with E-state index in [1.807, 2.05) is 27.0 Å². The van der Waals surface area contributed by atoms with Gasteiger partial charge in [0.1, 0.15) is 11.8 Å². The summed E-state index contributed by atoms with van der Waals surface area (Å²) in [6.07, 6.45) is 11.8. The zero-order chi connectivity index (χ0) is 34.4. The van der Waals surface area contributed by atoms with Crippen LogP contribution in [0.15, 0.2) is 11.8 Å². The molecule has 4 heterocycles. The molecule has 49 heavy (non-hydrogen) atoms. The van der Waals surface area contributed by atoms with Crippen molar-refractivity contribution in [2.24, 2.45) is 17.8 Å². The number of nitrogens with one attached hydrogen (secondary N) is 2. The highest BCUT2D eigenvalue weighted by molar-refractivity contribution is 6.20. The number of carbonyl (C=O) groups excluding carboxylic acids is 3. The molecular formula is C38H60FN5O5. The van der Waals surface area contributed by atoms with Crippen LogP contribution in [0.5, 0.6) is 0 Å². The lowest BCUT2D eigenvalue weighted by Crippen LogP contribution is -2.73. The number of likely N-dealkylation sites (tertiary alicyclic amines) is 2. The van der Waals surface area contributed by atoms with Gasteiger partial charge in [0.2, 0.25) is 0 Å². The Labute approximate surface area is 292 Å². The molecule has 0 radical (unpaired) electrons. The fourth-order valence-electron chi connectivity index (χ4n) is 10.6. The molecule has 0 bridgehead atoms. The molecular weight excluding hydrogens is 625 g/mol. The number of piperidine rings is 1. The van der Waals surface area contributed by atoms with Gasteiger partial charge >= 0.3 is 6.09 Å². The number of halogens is 1. The molecule has 3 saturated heterocycles. The highest BCUT2D eigenvalue weighted by atomic mass is 19.1. The molecule has 3 aliphatic carbocycles. The van der Waals surface area contributed by atoms with Crippen LogP contribution in [0.1, 0.15) is 105 Å². The van der Waals surface area contributed by atoms with Gasteiger partial charge in [-0.25, -0.2) is 9.18 Å². The smallest absolute Gasteiger partial charge is 0.407 e. The molecule has 0 aromatic heterocycles. The van der Waals surface area contributed by atoms with Gasteiger partial charge in [-0.2, -0.15) is 0 Å². The summed E-state index contributed by atoms with van der Waals surface area (Å²) in [6.45, 7) is 11.5. The Morgan fingerprint density at radius 1 is 1.00 bits per heavy atom. The van der Waals surface area contributed by atoms with E-state index < -0.39 is 35.9 Å². The molecule has 4 aliphatic heterocycles. The number of amides is 2. The minimum absolute atomic E-state index is 0.0624. The molecule has 0 spiro atoms. The number of carbonyl (C=O) groups is 3. The minimum atomic E-state index is -1.28. The third-order valence-corrected chi connectivity index (χ3v) is 12.9. The van der Waals surface area contributed by atoms with Crippen LogP contribution in [0.25, 0.3) is 0 Å². The number of ether oxygens (including phenoxy) is 2. The van der Waals surface area contributed by atoms with Crippen molar-refractivity contribution in [3.05, 3.63) is 11.8 Å². The van der Waals surface area contributed by atoms with Gasteiger partial charge in [0.05, 0.1) is 35.9 Å². The van der Waals surface area contributed by atoms with Crippen LogP contribution in [0, 0.1) is 17.8 Å². The standard InChI is InChI=1S/C38H60FN5O5/c1-23-10-7-8-15-42(23)16-9-14-40-36(46)28-22-44-30-18-24-11-5-6-12-25(24)19-31(30)48-35-32(44)27(34(28)45)20-29(39)33(35)43-17-13-26(21-43)41-37(47)49-38(2,3)4/h22-27,29-33,35H,5-21H2,1-4H3,(H,40,46)(H,41,47). The van der Waals surface area contributed by atoms with Gasteiger partial charge < -0.3 is 29.9 Å². The molecule has 10 nitrogen and oxygen atoms in total. The first kappa shape index (κ1) is 35.2. The molecule has 11 atom stereocenters. The van der Waals surface area contributed by atoms with E-state index in [-0.39, 0.29) is 47.9 Å². The summed E-state index contributed by atoms with van der Waals surface area (Å²) in [5.74, 6) is 0.0451. The summed E-state index contributed by atoms with van der Waals surface area (Å²) in [5.41, 5.74) is -0.410. The van der Waals surface area contributed by atoms with Gasteiger partial charge in [-0.3, -0.25) is 14.5 Å². The lowest BCUT2D eigenvalue weighted by Gasteiger charge is -2.61. The van der Waals surface area contributed by atoms with Gasteiger partial charge in [-0.05, 0) is 91.0 Å². The van der Waals surface area contributed by atoms with Crippen LogP contribution in [-0.4, -0.2) is 119 Å². The van der Waals surface area contributed by atoms with Crippen LogP contribution in [0.4, 0.5) is 9.18 Å². The molecule has 0 aromatic carbocycles. The summed E-state index contributed by atoms with van der Waals surface area (Å²) in [5, 5.41) is 6.05. The fraction of sp³-hybridized carbons (Fsp3) is 0.868. The van der Waals surface area contributed by atoms with Gasteiger partial charge in [0.15, 0.2) is 5.78 Å². The van der Waals surface area contributed by atoms with E-state index >= 15 is 4.39 Å². The van der Waals surface area contributed by atoms with Crippen LogP contribution in [0.2, 0.25) is 0 Å². The number of ketones is 1. The monoisotopic (exact) mass is 685 g/mol. The molecule has 11 unspecified atom stereocenters. The second-order valence-corrected chi connectivity index (χ2v) is 17.3. The normalized spacial score (nSPS) is 39.7. The van der Waals surface area contributed by atoms with Gasteiger partial charge in [-0.1, -0.05) is 32.1 Å². The van der Waals surface area contributed by atoms with Crippen molar-refractivity contribution in [2.45, 2.75) is 159 Å². The molecule has 11 heteroatoms. The summed E-state index contributed by atoms with van der Waals surface area (Å²) in [6, 6.07) is -0.321. The number of hydrogen-bond donors (Lipinski definition) is 2. The first-order valence-electron chi connectivity index (χ1n) is 19.6. The molecule has 274 valence electrons. The van der Waals surface area contributed by atoms with Crippen LogP contribution in [-0.2, 0) is 19.1 Å². The lowest BCUT2D eigenvalue weighted by atomic mass is 9.64.